The van der Waals surface area contributed by atoms with Crippen LogP contribution in [0.3, 0.4) is 0 Å². The van der Waals surface area contributed by atoms with Gasteiger partial charge in [-0.1, -0.05) is 26.0 Å². The first kappa shape index (κ1) is 18.1. The Balaban J connectivity index is 0.00000324. The molecule has 0 radical (unpaired) electrons. The van der Waals surface area contributed by atoms with Crippen LogP contribution in [0, 0.1) is 0 Å². The van der Waals surface area contributed by atoms with E-state index in [1.807, 2.05) is 24.3 Å². The topological polar surface area (TPSA) is 21.7 Å². The molecule has 19 heavy (non-hydrogen) atoms. The van der Waals surface area contributed by atoms with Crippen LogP contribution >= 0.6 is 12.4 Å². The molecule has 0 heterocycles. The number of ether oxygens (including phenoxy) is 2. The molecule has 3 nitrogen and oxygen atoms in total. The lowest BCUT2D eigenvalue weighted by Gasteiger charge is -2.21. The molecule has 0 fully saturated rings. The summed E-state index contributed by atoms with van der Waals surface area (Å²) in [5, 5.41) is 0. The molecular weight excluding hydrogens is 262 g/mol. The molecule has 0 aliphatic heterocycles. The van der Waals surface area contributed by atoms with E-state index >= 15 is 0 Å². The molecule has 1 rings (SSSR count). The van der Waals surface area contributed by atoms with Crippen molar-refractivity contribution in [3.05, 3.63) is 24.3 Å². The molecule has 0 aliphatic rings. The molecule has 0 bridgehead atoms. The number of para-hydroxylation sites is 2. The van der Waals surface area contributed by atoms with Gasteiger partial charge in [-0.3, -0.25) is 4.90 Å². The van der Waals surface area contributed by atoms with Gasteiger partial charge < -0.3 is 9.47 Å². The molecule has 0 aliphatic carbocycles. The highest BCUT2D eigenvalue weighted by molar-refractivity contribution is 5.85. The molecular formula is C15H26ClNO2. The zero-order chi connectivity index (χ0) is 13.2. The van der Waals surface area contributed by atoms with Gasteiger partial charge >= 0.3 is 0 Å². The average Bonchev–Trinajstić information content (AvgIpc) is 2.40. The largest absolute Gasteiger partial charge is 0.493 e. The van der Waals surface area contributed by atoms with Crippen molar-refractivity contribution >= 4 is 12.4 Å². The van der Waals surface area contributed by atoms with E-state index in [2.05, 4.69) is 18.7 Å². The number of hydrogen-bond donors (Lipinski definition) is 0. The predicted molar refractivity (Wildman–Crippen MR) is 82.8 cm³/mol. The van der Waals surface area contributed by atoms with Gasteiger partial charge in [0.25, 0.3) is 0 Å². The molecule has 110 valence electrons. The fourth-order valence-corrected chi connectivity index (χ4v) is 1.99. The van der Waals surface area contributed by atoms with Gasteiger partial charge in [-0.2, -0.15) is 0 Å². The van der Waals surface area contributed by atoms with Gasteiger partial charge in [-0.05, 0) is 38.1 Å². The van der Waals surface area contributed by atoms with E-state index in [1.165, 1.54) is 12.8 Å². The molecule has 0 unspecified atom stereocenters. The third-order valence-corrected chi connectivity index (χ3v) is 2.81. The lowest BCUT2D eigenvalue weighted by molar-refractivity contribution is 0.204. The zero-order valence-corrected chi connectivity index (χ0v) is 13.0. The smallest absolute Gasteiger partial charge is 0.161 e. The second-order valence-electron chi connectivity index (χ2n) is 4.34. The Hall–Kier alpha value is -0.930. The number of rotatable bonds is 9. The molecule has 0 saturated heterocycles. The molecule has 0 amide bonds. The van der Waals surface area contributed by atoms with E-state index in [-0.39, 0.29) is 12.4 Å². The quantitative estimate of drug-likeness (QED) is 0.692. The van der Waals surface area contributed by atoms with Gasteiger partial charge in [0.15, 0.2) is 11.5 Å². The highest BCUT2D eigenvalue weighted by Gasteiger charge is 2.05. The number of benzene rings is 1. The third-order valence-electron chi connectivity index (χ3n) is 2.81. The summed E-state index contributed by atoms with van der Waals surface area (Å²) in [5.41, 5.74) is 0. The highest BCUT2D eigenvalue weighted by Crippen LogP contribution is 2.25. The Morgan fingerprint density at radius 1 is 0.947 bits per heavy atom. The summed E-state index contributed by atoms with van der Waals surface area (Å²) in [7, 11) is 1.67. The first-order chi connectivity index (χ1) is 8.81. The monoisotopic (exact) mass is 287 g/mol. The van der Waals surface area contributed by atoms with Crippen molar-refractivity contribution in [1.82, 2.24) is 4.90 Å². The molecule has 0 N–H and O–H groups in total. The standard InChI is InChI=1S/C15H25NO2.ClH/c1-4-10-16(11-5-2)12-13-18-15-9-7-6-8-14(15)17-3;/h6-9H,4-5,10-13H2,1-3H3;1H. The Morgan fingerprint density at radius 3 is 2.05 bits per heavy atom. The Morgan fingerprint density at radius 2 is 1.53 bits per heavy atom. The van der Waals surface area contributed by atoms with Crippen molar-refractivity contribution in [2.45, 2.75) is 26.7 Å². The Labute approximate surface area is 123 Å². The predicted octanol–water partition coefficient (Wildman–Crippen LogP) is 3.62. The number of hydrogen-bond acceptors (Lipinski definition) is 3. The van der Waals surface area contributed by atoms with Gasteiger partial charge in [0.1, 0.15) is 6.61 Å². The van der Waals surface area contributed by atoms with Crippen LogP contribution in [0.4, 0.5) is 0 Å². The molecule has 0 atom stereocenters. The summed E-state index contributed by atoms with van der Waals surface area (Å²) in [6.07, 6.45) is 2.38. The second kappa shape index (κ2) is 10.9. The second-order valence-corrected chi connectivity index (χ2v) is 4.34. The van der Waals surface area contributed by atoms with Crippen molar-refractivity contribution in [3.63, 3.8) is 0 Å². The first-order valence-electron chi connectivity index (χ1n) is 6.80. The van der Waals surface area contributed by atoms with E-state index in [1.54, 1.807) is 7.11 Å². The van der Waals surface area contributed by atoms with Crippen molar-refractivity contribution in [2.24, 2.45) is 0 Å². The van der Waals surface area contributed by atoms with Crippen LogP contribution in [0.25, 0.3) is 0 Å². The minimum absolute atomic E-state index is 0. The van der Waals surface area contributed by atoms with Crippen molar-refractivity contribution in [3.8, 4) is 11.5 Å². The fraction of sp³-hybridized carbons (Fsp3) is 0.600. The average molecular weight is 288 g/mol. The lowest BCUT2D eigenvalue weighted by atomic mass is 10.3. The van der Waals surface area contributed by atoms with E-state index in [0.29, 0.717) is 6.61 Å². The molecule has 1 aromatic carbocycles. The van der Waals surface area contributed by atoms with Crippen molar-refractivity contribution in [2.75, 3.05) is 33.4 Å². The number of nitrogens with zero attached hydrogens (tertiary/aromatic N) is 1. The van der Waals surface area contributed by atoms with Crippen LogP contribution in [0.15, 0.2) is 24.3 Å². The zero-order valence-electron chi connectivity index (χ0n) is 12.2. The van der Waals surface area contributed by atoms with Crippen LogP contribution in [-0.4, -0.2) is 38.3 Å². The maximum atomic E-state index is 5.78. The first-order valence-corrected chi connectivity index (χ1v) is 6.80. The SMILES string of the molecule is CCCN(CCC)CCOc1ccccc1OC.Cl. The fourth-order valence-electron chi connectivity index (χ4n) is 1.99. The van der Waals surface area contributed by atoms with E-state index in [4.69, 9.17) is 9.47 Å². The minimum Gasteiger partial charge on any atom is -0.493 e. The third kappa shape index (κ3) is 6.69. The van der Waals surface area contributed by atoms with E-state index < -0.39 is 0 Å². The summed E-state index contributed by atoms with van der Waals surface area (Å²) in [4.78, 5) is 2.44. The maximum Gasteiger partial charge on any atom is 0.161 e. The Kier molecular flexibility index (Phi) is 10.4. The van der Waals surface area contributed by atoms with Gasteiger partial charge in [0, 0.05) is 6.54 Å². The summed E-state index contributed by atoms with van der Waals surface area (Å²) in [6, 6.07) is 7.79. The molecule has 0 saturated carbocycles. The Bertz CT molecular complexity index is 328. The van der Waals surface area contributed by atoms with Crippen molar-refractivity contribution in [1.29, 1.82) is 0 Å². The summed E-state index contributed by atoms with van der Waals surface area (Å²) in [5.74, 6) is 1.63. The summed E-state index contributed by atoms with van der Waals surface area (Å²) >= 11 is 0. The summed E-state index contributed by atoms with van der Waals surface area (Å²) in [6.45, 7) is 8.39. The van der Waals surface area contributed by atoms with Gasteiger partial charge in [0.05, 0.1) is 7.11 Å². The van der Waals surface area contributed by atoms with Crippen LogP contribution in [0.1, 0.15) is 26.7 Å². The van der Waals surface area contributed by atoms with E-state index in [0.717, 1.165) is 31.1 Å². The molecule has 4 heteroatoms. The normalized spacial score (nSPS) is 10.1. The number of halogens is 1. The van der Waals surface area contributed by atoms with Crippen LogP contribution in [0.5, 0.6) is 11.5 Å². The van der Waals surface area contributed by atoms with Crippen LogP contribution < -0.4 is 9.47 Å². The highest BCUT2D eigenvalue weighted by atomic mass is 35.5. The number of methoxy groups -OCH3 is 1. The van der Waals surface area contributed by atoms with Crippen LogP contribution in [-0.2, 0) is 0 Å². The summed E-state index contributed by atoms with van der Waals surface area (Å²) < 4.78 is 11.0. The van der Waals surface area contributed by atoms with Gasteiger partial charge in [-0.15, -0.1) is 12.4 Å². The van der Waals surface area contributed by atoms with Crippen LogP contribution in [0.2, 0.25) is 0 Å². The van der Waals surface area contributed by atoms with Crippen molar-refractivity contribution < 1.29 is 9.47 Å². The minimum atomic E-state index is 0. The van der Waals surface area contributed by atoms with Gasteiger partial charge in [0.2, 0.25) is 0 Å². The van der Waals surface area contributed by atoms with Gasteiger partial charge in [-0.25, -0.2) is 0 Å². The lowest BCUT2D eigenvalue weighted by Crippen LogP contribution is -2.30. The molecule has 1 aromatic rings. The van der Waals surface area contributed by atoms with E-state index in [9.17, 15) is 0 Å². The maximum absolute atomic E-state index is 5.78. The molecule has 0 aromatic heterocycles. The molecule has 0 spiro atoms.